The van der Waals surface area contributed by atoms with Gasteiger partial charge in [-0.15, -0.1) is 0 Å². The molecule has 0 saturated carbocycles. The van der Waals surface area contributed by atoms with Crippen LogP contribution >= 0.6 is 7.60 Å². The summed E-state index contributed by atoms with van der Waals surface area (Å²) >= 11 is 0. The van der Waals surface area contributed by atoms with E-state index >= 15 is 0 Å². The van der Waals surface area contributed by atoms with Crippen LogP contribution in [-0.4, -0.2) is 9.79 Å². The zero-order chi connectivity index (χ0) is 5.91. The van der Waals surface area contributed by atoms with E-state index in [0.717, 1.165) is 0 Å². The molecule has 0 aliphatic carbocycles. The van der Waals surface area contributed by atoms with Gasteiger partial charge in [0.05, 0.1) is 0 Å². The molecule has 0 aromatic carbocycles. The Morgan fingerprint density at radius 1 is 1.57 bits per heavy atom. The molecule has 0 unspecified atom stereocenters. The topological polar surface area (TPSA) is 57.5 Å². The summed E-state index contributed by atoms with van der Waals surface area (Å²) in [4.78, 5) is 15.9. The van der Waals surface area contributed by atoms with Crippen molar-refractivity contribution in [3.05, 3.63) is 0 Å². The van der Waals surface area contributed by atoms with Crippen LogP contribution in [0, 0.1) is 11.6 Å². The zero-order valence-electron chi connectivity index (χ0n) is 3.75. The molecule has 0 aliphatic heterocycles. The summed E-state index contributed by atoms with van der Waals surface area (Å²) in [5.74, 6) is 2.09. The predicted molar refractivity (Wildman–Crippen MR) is 25.5 cm³/mol. The van der Waals surface area contributed by atoms with Gasteiger partial charge in [-0.25, -0.2) is 4.57 Å². The van der Waals surface area contributed by atoms with Gasteiger partial charge in [0.15, 0.2) is 0 Å². The summed E-state index contributed by atoms with van der Waals surface area (Å²) in [5.41, 5.74) is 1.70. The van der Waals surface area contributed by atoms with Crippen molar-refractivity contribution in [1.29, 1.82) is 0 Å². The second-order valence-corrected chi connectivity index (χ2v) is 2.22. The van der Waals surface area contributed by atoms with E-state index in [0.29, 0.717) is 0 Å². The molecule has 0 aromatic heterocycles. The Morgan fingerprint density at radius 3 is 2.00 bits per heavy atom. The second kappa shape index (κ2) is 2.13. The number of hydrogen-bond donors (Lipinski definition) is 2. The standard InChI is InChI=1S/C3H5O3P/c1-2-3-7(4,5)6/h1H3,(H2,4,5,6). The summed E-state index contributed by atoms with van der Waals surface area (Å²) in [7, 11) is -4.03. The van der Waals surface area contributed by atoms with Gasteiger partial charge in [-0.05, 0) is 6.92 Å². The normalized spacial score (nSPS) is 9.57. The lowest BCUT2D eigenvalue weighted by molar-refractivity contribution is 0.388. The fraction of sp³-hybridized carbons (Fsp3) is 0.333. The maximum Gasteiger partial charge on any atom is 0.400 e. The zero-order valence-corrected chi connectivity index (χ0v) is 4.64. The summed E-state index contributed by atoms with van der Waals surface area (Å²) in [5, 5.41) is 0. The Labute approximate surface area is 41.5 Å². The first-order valence-electron chi connectivity index (χ1n) is 1.56. The molecule has 0 aromatic rings. The molecule has 0 atom stereocenters. The van der Waals surface area contributed by atoms with Crippen LogP contribution in [0.4, 0.5) is 0 Å². The molecule has 40 valence electrons. The predicted octanol–water partition coefficient (Wildman–Crippen LogP) is 0.145. The van der Waals surface area contributed by atoms with E-state index < -0.39 is 7.60 Å². The average molecular weight is 120 g/mol. The Hall–Kier alpha value is -0.290. The minimum absolute atomic E-state index is 1.37. The van der Waals surface area contributed by atoms with Gasteiger partial charge in [-0.3, -0.25) is 0 Å². The molecule has 0 rings (SSSR count). The molecule has 0 spiro atoms. The molecule has 0 bridgehead atoms. The highest BCUT2D eigenvalue weighted by molar-refractivity contribution is 7.57. The van der Waals surface area contributed by atoms with Crippen molar-refractivity contribution in [2.75, 3.05) is 0 Å². The molecule has 0 amide bonds. The third-order valence-electron chi connectivity index (χ3n) is 0.257. The van der Waals surface area contributed by atoms with E-state index in [9.17, 15) is 4.57 Å². The summed E-state index contributed by atoms with van der Waals surface area (Å²) in [6, 6.07) is 0. The van der Waals surface area contributed by atoms with Crippen molar-refractivity contribution >= 4 is 7.60 Å². The van der Waals surface area contributed by atoms with Crippen molar-refractivity contribution in [2.24, 2.45) is 0 Å². The average Bonchev–Trinajstić information content (AvgIpc) is 1.30. The molecule has 4 heteroatoms. The maximum absolute atomic E-state index is 9.75. The lowest BCUT2D eigenvalue weighted by Crippen LogP contribution is -1.66. The quantitative estimate of drug-likeness (QED) is 0.353. The first-order chi connectivity index (χ1) is 3.06. The third kappa shape index (κ3) is 5.71. The minimum Gasteiger partial charge on any atom is -0.315 e. The van der Waals surface area contributed by atoms with Gasteiger partial charge < -0.3 is 9.79 Å². The molecule has 7 heavy (non-hydrogen) atoms. The van der Waals surface area contributed by atoms with Crippen LogP contribution in [0.1, 0.15) is 6.92 Å². The largest absolute Gasteiger partial charge is 0.400 e. The van der Waals surface area contributed by atoms with Gasteiger partial charge in [0, 0.05) is 5.66 Å². The molecule has 0 saturated heterocycles. The van der Waals surface area contributed by atoms with Crippen LogP contribution in [0.5, 0.6) is 0 Å². The van der Waals surface area contributed by atoms with Crippen molar-refractivity contribution in [2.45, 2.75) is 6.92 Å². The van der Waals surface area contributed by atoms with E-state index in [4.69, 9.17) is 9.79 Å². The summed E-state index contributed by atoms with van der Waals surface area (Å²) in [6.45, 7) is 1.37. The van der Waals surface area contributed by atoms with Crippen molar-refractivity contribution in [3.63, 3.8) is 0 Å². The Morgan fingerprint density at radius 2 is 2.00 bits per heavy atom. The van der Waals surface area contributed by atoms with Crippen LogP contribution in [0.25, 0.3) is 0 Å². The van der Waals surface area contributed by atoms with Gasteiger partial charge in [-0.1, -0.05) is 5.92 Å². The lowest BCUT2D eigenvalue weighted by atomic mass is 10.9. The van der Waals surface area contributed by atoms with Crippen LogP contribution in [0.3, 0.4) is 0 Å². The first-order valence-corrected chi connectivity index (χ1v) is 3.17. The van der Waals surface area contributed by atoms with Crippen LogP contribution in [0.2, 0.25) is 0 Å². The fourth-order valence-electron chi connectivity index (χ4n) is 0.146. The number of rotatable bonds is 0. The summed E-state index contributed by atoms with van der Waals surface area (Å²) < 4.78 is 9.75. The highest BCUT2D eigenvalue weighted by atomic mass is 31.2. The lowest BCUT2D eigenvalue weighted by Gasteiger charge is -1.85. The molecular formula is C3H5O3P. The molecule has 2 N–H and O–H groups in total. The molecule has 0 radical (unpaired) electrons. The van der Waals surface area contributed by atoms with Gasteiger partial charge >= 0.3 is 7.60 Å². The molecule has 0 fully saturated rings. The van der Waals surface area contributed by atoms with Gasteiger partial charge in [0.25, 0.3) is 0 Å². The molecule has 0 aliphatic rings. The van der Waals surface area contributed by atoms with Crippen molar-refractivity contribution in [1.82, 2.24) is 0 Å². The third-order valence-corrected chi connectivity index (χ3v) is 0.772. The molecule has 3 nitrogen and oxygen atoms in total. The summed E-state index contributed by atoms with van der Waals surface area (Å²) in [6.07, 6.45) is 0. The van der Waals surface area contributed by atoms with Crippen molar-refractivity contribution < 1.29 is 14.4 Å². The number of hydrogen-bond acceptors (Lipinski definition) is 1. The monoisotopic (exact) mass is 120 g/mol. The molecule has 0 heterocycles. The van der Waals surface area contributed by atoms with Crippen molar-refractivity contribution in [3.8, 4) is 11.6 Å². The SMILES string of the molecule is CC#CP(=O)(O)O. The molecular weight excluding hydrogens is 115 g/mol. The van der Waals surface area contributed by atoms with Crippen LogP contribution < -0.4 is 0 Å². The highest BCUT2D eigenvalue weighted by Gasteiger charge is 2.03. The Bertz CT molecular complexity index is 145. The Kier molecular flexibility index (Phi) is 2.04. The van der Waals surface area contributed by atoms with Gasteiger partial charge in [-0.2, -0.15) is 0 Å². The minimum atomic E-state index is -4.03. The van der Waals surface area contributed by atoms with Crippen LogP contribution in [-0.2, 0) is 4.57 Å². The van der Waals surface area contributed by atoms with Gasteiger partial charge in [0.2, 0.25) is 0 Å². The smallest absolute Gasteiger partial charge is 0.315 e. The van der Waals surface area contributed by atoms with E-state index in [-0.39, 0.29) is 0 Å². The highest BCUT2D eigenvalue weighted by Crippen LogP contribution is 2.31. The van der Waals surface area contributed by atoms with E-state index in [2.05, 4.69) is 5.92 Å². The first kappa shape index (κ1) is 6.71. The second-order valence-electron chi connectivity index (χ2n) is 0.906. The van der Waals surface area contributed by atoms with Crippen LogP contribution in [0.15, 0.2) is 0 Å². The van der Waals surface area contributed by atoms with E-state index in [1.807, 2.05) is 0 Å². The Balaban J connectivity index is 4.01. The fourth-order valence-corrected chi connectivity index (χ4v) is 0.437. The van der Waals surface area contributed by atoms with E-state index in [1.165, 1.54) is 6.92 Å². The maximum atomic E-state index is 9.75. The van der Waals surface area contributed by atoms with E-state index in [1.54, 1.807) is 5.66 Å². The van der Waals surface area contributed by atoms with Gasteiger partial charge in [0.1, 0.15) is 0 Å².